The van der Waals surface area contributed by atoms with Crippen molar-refractivity contribution in [2.45, 2.75) is 17.5 Å². The summed E-state index contributed by atoms with van der Waals surface area (Å²) in [6.45, 7) is 5.92. The number of amides is 1. The third kappa shape index (κ3) is 5.06. The number of carbonyl (C=O) groups is 1. The molecule has 0 saturated carbocycles. The quantitative estimate of drug-likeness (QED) is 0.528. The van der Waals surface area contributed by atoms with Gasteiger partial charge in [-0.2, -0.15) is 0 Å². The number of carbonyl (C=O) groups excluding carboxylic acids is 1. The minimum Gasteiger partial charge on any atom is -0.353 e. The molecule has 2 aliphatic rings. The standard InChI is InChI=1S/C23H29Cl2N5O/c24-18-6-4-17(5-7-18)23(26)15-29-21(20(23)16-2-1-3-19(25)14-16)22(31)28-10-13-30-11-8-27-9-12-30/h1-7,14,20-21,27,29H,8-13,15,26H2,(H,28,31)/t20-,21+,23-/m0/s1. The van der Waals surface area contributed by atoms with E-state index in [-0.39, 0.29) is 11.8 Å². The Labute approximate surface area is 193 Å². The van der Waals surface area contributed by atoms with Crippen LogP contribution in [-0.2, 0) is 10.3 Å². The molecule has 5 N–H and O–H groups in total. The molecule has 0 unspecified atom stereocenters. The van der Waals surface area contributed by atoms with Gasteiger partial charge in [0, 0.05) is 61.8 Å². The molecule has 2 aromatic rings. The number of hydrogen-bond acceptors (Lipinski definition) is 5. The number of nitrogens with two attached hydrogens (primary N) is 1. The third-order valence-electron chi connectivity index (χ3n) is 6.31. The Morgan fingerprint density at radius 1 is 1.13 bits per heavy atom. The Bertz CT molecular complexity index is 903. The highest BCUT2D eigenvalue weighted by molar-refractivity contribution is 6.30. The average molecular weight is 462 g/mol. The minimum absolute atomic E-state index is 0.0404. The maximum Gasteiger partial charge on any atom is 0.237 e. The summed E-state index contributed by atoms with van der Waals surface area (Å²) in [5.74, 6) is -0.312. The summed E-state index contributed by atoms with van der Waals surface area (Å²) in [6, 6.07) is 14.7. The van der Waals surface area contributed by atoms with Crippen molar-refractivity contribution in [2.24, 2.45) is 5.73 Å². The fourth-order valence-electron chi connectivity index (χ4n) is 4.66. The highest BCUT2D eigenvalue weighted by atomic mass is 35.5. The molecule has 0 radical (unpaired) electrons. The summed E-state index contributed by atoms with van der Waals surface area (Å²) in [4.78, 5) is 15.6. The van der Waals surface area contributed by atoms with E-state index in [1.54, 1.807) is 0 Å². The van der Waals surface area contributed by atoms with Gasteiger partial charge in [0.25, 0.3) is 0 Å². The Morgan fingerprint density at radius 3 is 2.58 bits per heavy atom. The molecule has 3 atom stereocenters. The van der Waals surface area contributed by atoms with Crippen LogP contribution in [0.2, 0.25) is 10.0 Å². The van der Waals surface area contributed by atoms with E-state index in [9.17, 15) is 4.79 Å². The first-order valence-electron chi connectivity index (χ1n) is 10.7. The molecule has 2 fully saturated rings. The largest absolute Gasteiger partial charge is 0.353 e. The molecule has 0 aromatic heterocycles. The van der Waals surface area contributed by atoms with Crippen molar-refractivity contribution < 1.29 is 4.79 Å². The van der Waals surface area contributed by atoms with E-state index < -0.39 is 11.6 Å². The van der Waals surface area contributed by atoms with E-state index >= 15 is 0 Å². The molecule has 0 aliphatic carbocycles. The van der Waals surface area contributed by atoms with E-state index in [4.69, 9.17) is 28.9 Å². The fourth-order valence-corrected chi connectivity index (χ4v) is 4.99. The van der Waals surface area contributed by atoms with Gasteiger partial charge in [0.1, 0.15) is 0 Å². The molecule has 6 nitrogen and oxygen atoms in total. The van der Waals surface area contributed by atoms with Gasteiger partial charge in [0.2, 0.25) is 5.91 Å². The number of nitrogens with zero attached hydrogens (tertiary/aromatic N) is 1. The molecule has 166 valence electrons. The summed E-state index contributed by atoms with van der Waals surface area (Å²) in [5, 5.41) is 11.1. The Hall–Kier alpha value is -1.67. The monoisotopic (exact) mass is 461 g/mol. The van der Waals surface area contributed by atoms with Crippen LogP contribution in [0.3, 0.4) is 0 Å². The lowest BCUT2D eigenvalue weighted by Gasteiger charge is -2.34. The van der Waals surface area contributed by atoms with Crippen LogP contribution in [0.25, 0.3) is 0 Å². The van der Waals surface area contributed by atoms with E-state index in [2.05, 4.69) is 20.9 Å². The Morgan fingerprint density at radius 2 is 1.87 bits per heavy atom. The lowest BCUT2D eigenvalue weighted by molar-refractivity contribution is -0.123. The van der Waals surface area contributed by atoms with Crippen LogP contribution < -0.4 is 21.7 Å². The van der Waals surface area contributed by atoms with Crippen LogP contribution in [0.1, 0.15) is 17.0 Å². The zero-order valence-electron chi connectivity index (χ0n) is 17.4. The summed E-state index contributed by atoms with van der Waals surface area (Å²) >= 11 is 12.4. The van der Waals surface area contributed by atoms with E-state index in [0.717, 1.165) is 43.9 Å². The van der Waals surface area contributed by atoms with E-state index in [1.165, 1.54) is 0 Å². The second-order valence-electron chi connectivity index (χ2n) is 8.32. The highest BCUT2D eigenvalue weighted by Crippen LogP contribution is 2.42. The molecule has 2 aliphatic heterocycles. The maximum atomic E-state index is 13.2. The number of piperazine rings is 1. The molecule has 4 rings (SSSR count). The first-order chi connectivity index (χ1) is 15.0. The van der Waals surface area contributed by atoms with Crippen LogP contribution in [-0.4, -0.2) is 62.7 Å². The van der Waals surface area contributed by atoms with Gasteiger partial charge in [-0.3, -0.25) is 9.69 Å². The smallest absolute Gasteiger partial charge is 0.237 e. The van der Waals surface area contributed by atoms with Crippen LogP contribution in [0.5, 0.6) is 0 Å². The van der Waals surface area contributed by atoms with Crippen molar-refractivity contribution in [2.75, 3.05) is 45.8 Å². The van der Waals surface area contributed by atoms with Crippen molar-refractivity contribution in [1.82, 2.24) is 20.9 Å². The van der Waals surface area contributed by atoms with Gasteiger partial charge in [-0.1, -0.05) is 47.5 Å². The molecule has 31 heavy (non-hydrogen) atoms. The highest BCUT2D eigenvalue weighted by Gasteiger charge is 2.50. The van der Waals surface area contributed by atoms with Crippen LogP contribution in [0, 0.1) is 0 Å². The fraction of sp³-hybridized carbons (Fsp3) is 0.435. The molecule has 2 aromatic carbocycles. The number of benzene rings is 2. The summed E-state index contributed by atoms with van der Waals surface area (Å²) in [6.07, 6.45) is 0. The molecule has 2 saturated heterocycles. The topological polar surface area (TPSA) is 82.4 Å². The molecule has 0 spiro atoms. The van der Waals surface area contributed by atoms with Gasteiger partial charge < -0.3 is 21.7 Å². The third-order valence-corrected chi connectivity index (χ3v) is 6.80. The molecular weight excluding hydrogens is 433 g/mol. The minimum atomic E-state index is -0.768. The molecular formula is C23H29Cl2N5O. The molecule has 0 bridgehead atoms. The van der Waals surface area contributed by atoms with Crippen molar-refractivity contribution in [3.05, 3.63) is 69.7 Å². The van der Waals surface area contributed by atoms with Gasteiger partial charge in [-0.15, -0.1) is 0 Å². The molecule has 8 heteroatoms. The van der Waals surface area contributed by atoms with E-state index in [1.807, 2.05) is 48.5 Å². The van der Waals surface area contributed by atoms with Crippen LogP contribution >= 0.6 is 23.2 Å². The number of halogens is 2. The maximum absolute atomic E-state index is 13.2. The summed E-state index contributed by atoms with van der Waals surface area (Å²) in [5.41, 5.74) is 8.10. The molecule has 2 heterocycles. The predicted molar refractivity (Wildman–Crippen MR) is 126 cm³/mol. The van der Waals surface area contributed by atoms with Gasteiger partial charge >= 0.3 is 0 Å². The SMILES string of the molecule is N[C@]1(c2ccc(Cl)cc2)CN[C@@H](C(=O)NCCN2CCNCC2)[C@@H]1c1cccc(Cl)c1. The van der Waals surface area contributed by atoms with E-state index in [0.29, 0.717) is 23.1 Å². The van der Waals surface area contributed by atoms with Gasteiger partial charge in [-0.05, 0) is 35.4 Å². The Kier molecular flexibility index (Phi) is 7.16. The summed E-state index contributed by atoms with van der Waals surface area (Å²) < 4.78 is 0. The van der Waals surface area contributed by atoms with Gasteiger partial charge in [0.05, 0.1) is 11.6 Å². The van der Waals surface area contributed by atoms with Crippen LogP contribution in [0.15, 0.2) is 48.5 Å². The van der Waals surface area contributed by atoms with Gasteiger partial charge in [-0.25, -0.2) is 0 Å². The lowest BCUT2D eigenvalue weighted by atomic mass is 9.74. The van der Waals surface area contributed by atoms with Crippen molar-refractivity contribution >= 4 is 29.1 Å². The second-order valence-corrected chi connectivity index (χ2v) is 9.19. The number of hydrogen-bond donors (Lipinski definition) is 4. The van der Waals surface area contributed by atoms with Crippen molar-refractivity contribution in [3.63, 3.8) is 0 Å². The predicted octanol–water partition coefficient (Wildman–Crippen LogP) is 1.92. The lowest BCUT2D eigenvalue weighted by Crippen LogP contribution is -2.50. The van der Waals surface area contributed by atoms with Gasteiger partial charge in [0.15, 0.2) is 0 Å². The zero-order valence-corrected chi connectivity index (χ0v) is 18.9. The number of rotatable bonds is 6. The number of nitrogens with one attached hydrogen (secondary N) is 3. The normalized spacial score (nSPS) is 26.7. The molecule has 1 amide bonds. The second kappa shape index (κ2) is 9.86. The first kappa shape index (κ1) is 22.5. The summed E-state index contributed by atoms with van der Waals surface area (Å²) in [7, 11) is 0. The van der Waals surface area contributed by atoms with Crippen LogP contribution in [0.4, 0.5) is 0 Å². The Balaban J connectivity index is 1.54. The zero-order chi connectivity index (χ0) is 21.8. The van der Waals surface area contributed by atoms with Crippen molar-refractivity contribution in [3.8, 4) is 0 Å². The first-order valence-corrected chi connectivity index (χ1v) is 11.5. The van der Waals surface area contributed by atoms with Crippen molar-refractivity contribution in [1.29, 1.82) is 0 Å². The average Bonchev–Trinajstić information content (AvgIpc) is 3.13.